The maximum Gasteiger partial charge on any atom is 0.228 e. The number of nitrogens with zero attached hydrogens (tertiary/aromatic N) is 2. The van der Waals surface area contributed by atoms with Gasteiger partial charge in [0.2, 0.25) is 5.91 Å². The summed E-state index contributed by atoms with van der Waals surface area (Å²) in [5, 5.41) is 6.77. The summed E-state index contributed by atoms with van der Waals surface area (Å²) in [6.07, 6.45) is 0.303. The Balaban J connectivity index is 2.41. The van der Waals surface area contributed by atoms with Gasteiger partial charge in [-0.25, -0.2) is 0 Å². The molecule has 0 radical (unpaired) electrons. The zero-order valence-electron chi connectivity index (χ0n) is 9.41. The molecule has 0 aromatic carbocycles. The molecule has 0 aliphatic carbocycles. The van der Waals surface area contributed by atoms with E-state index in [-0.39, 0.29) is 5.91 Å². The molecule has 1 heterocycles. The van der Waals surface area contributed by atoms with Crippen LogP contribution in [0.2, 0.25) is 0 Å². The second-order valence-corrected chi connectivity index (χ2v) is 3.52. The van der Waals surface area contributed by atoms with Crippen LogP contribution in [0.1, 0.15) is 11.5 Å². The second-order valence-electron chi connectivity index (χ2n) is 3.52. The van der Waals surface area contributed by atoms with Gasteiger partial charge in [0.1, 0.15) is 5.76 Å². The van der Waals surface area contributed by atoms with Crippen molar-refractivity contribution < 1.29 is 9.32 Å². The van der Waals surface area contributed by atoms with E-state index in [4.69, 9.17) is 4.52 Å². The molecule has 0 aliphatic rings. The molecule has 0 fully saturated rings. The van der Waals surface area contributed by atoms with Crippen molar-refractivity contribution in [3.05, 3.63) is 17.5 Å². The van der Waals surface area contributed by atoms with Gasteiger partial charge in [-0.1, -0.05) is 5.16 Å². The molecule has 5 nitrogen and oxygen atoms in total. The van der Waals surface area contributed by atoms with Crippen molar-refractivity contribution >= 4 is 5.91 Å². The lowest BCUT2D eigenvalue weighted by molar-refractivity contribution is -0.129. The molecule has 5 heteroatoms. The largest absolute Gasteiger partial charge is 0.361 e. The van der Waals surface area contributed by atoms with Crippen LogP contribution in [0.4, 0.5) is 0 Å². The molecule has 0 saturated carbocycles. The third kappa shape index (κ3) is 3.71. The first-order valence-electron chi connectivity index (χ1n) is 4.94. The monoisotopic (exact) mass is 211 g/mol. The van der Waals surface area contributed by atoms with Crippen LogP contribution in [-0.2, 0) is 11.2 Å². The average Bonchev–Trinajstić information content (AvgIpc) is 2.60. The Bertz CT molecular complexity index is 322. The number of likely N-dealkylation sites (N-methyl/N-ethyl adjacent to an activating group) is 2. The van der Waals surface area contributed by atoms with Gasteiger partial charge < -0.3 is 14.7 Å². The lowest BCUT2D eigenvalue weighted by Crippen LogP contribution is -2.33. The Morgan fingerprint density at radius 1 is 1.67 bits per heavy atom. The molecule has 84 valence electrons. The third-order valence-corrected chi connectivity index (χ3v) is 2.13. The van der Waals surface area contributed by atoms with Crippen LogP contribution in [0.3, 0.4) is 0 Å². The summed E-state index contributed by atoms with van der Waals surface area (Å²) in [4.78, 5) is 13.3. The van der Waals surface area contributed by atoms with E-state index < -0.39 is 0 Å². The van der Waals surface area contributed by atoms with Gasteiger partial charge in [0.05, 0.1) is 12.1 Å². The van der Waals surface area contributed by atoms with Gasteiger partial charge in [-0.05, 0) is 14.0 Å². The first kappa shape index (κ1) is 11.7. The van der Waals surface area contributed by atoms with E-state index in [1.54, 1.807) is 18.0 Å². The molecule has 1 N–H and O–H groups in total. The number of hydrogen-bond donors (Lipinski definition) is 1. The lowest BCUT2D eigenvalue weighted by atomic mass is 10.2. The normalized spacial score (nSPS) is 10.3. The predicted molar refractivity (Wildman–Crippen MR) is 56.5 cm³/mol. The van der Waals surface area contributed by atoms with E-state index in [2.05, 4.69) is 10.5 Å². The van der Waals surface area contributed by atoms with Crippen LogP contribution in [-0.4, -0.2) is 43.1 Å². The van der Waals surface area contributed by atoms with Crippen LogP contribution in [0.15, 0.2) is 10.6 Å². The van der Waals surface area contributed by atoms with Crippen LogP contribution in [0, 0.1) is 6.92 Å². The molecular formula is C10H17N3O2. The summed E-state index contributed by atoms with van der Waals surface area (Å²) in [5.41, 5.74) is 0.689. The minimum absolute atomic E-state index is 0.0542. The van der Waals surface area contributed by atoms with Crippen molar-refractivity contribution in [3.63, 3.8) is 0 Å². The van der Waals surface area contributed by atoms with E-state index in [0.717, 1.165) is 12.3 Å². The molecule has 0 spiro atoms. The first-order chi connectivity index (χ1) is 7.13. The molecule has 0 bridgehead atoms. The predicted octanol–water partition coefficient (Wildman–Crippen LogP) is 0.203. The number of hydrogen-bond acceptors (Lipinski definition) is 4. The summed E-state index contributed by atoms with van der Waals surface area (Å²) in [7, 11) is 3.64. The SMILES string of the molecule is CNCCN(C)C(=O)Cc1cc(C)on1. The van der Waals surface area contributed by atoms with Crippen molar-refractivity contribution in [2.75, 3.05) is 27.2 Å². The van der Waals surface area contributed by atoms with Gasteiger partial charge in [0.15, 0.2) is 0 Å². The van der Waals surface area contributed by atoms with Crippen molar-refractivity contribution in [3.8, 4) is 0 Å². The van der Waals surface area contributed by atoms with E-state index in [0.29, 0.717) is 18.7 Å². The molecule has 0 atom stereocenters. The number of carbonyl (C=O) groups excluding carboxylic acids is 1. The van der Waals surface area contributed by atoms with E-state index >= 15 is 0 Å². The Morgan fingerprint density at radius 2 is 2.40 bits per heavy atom. The molecule has 1 rings (SSSR count). The maximum atomic E-state index is 11.6. The Kier molecular flexibility index (Phi) is 4.30. The van der Waals surface area contributed by atoms with Crippen LogP contribution in [0.5, 0.6) is 0 Å². The van der Waals surface area contributed by atoms with Gasteiger partial charge in [-0.2, -0.15) is 0 Å². The molecule has 1 aromatic heterocycles. The first-order valence-corrected chi connectivity index (χ1v) is 4.94. The number of aromatic nitrogens is 1. The third-order valence-electron chi connectivity index (χ3n) is 2.13. The summed E-state index contributed by atoms with van der Waals surface area (Å²) < 4.78 is 4.89. The summed E-state index contributed by atoms with van der Waals surface area (Å²) in [6.45, 7) is 3.30. The number of aryl methyl sites for hydroxylation is 1. The maximum absolute atomic E-state index is 11.6. The minimum Gasteiger partial charge on any atom is -0.361 e. The second kappa shape index (κ2) is 5.50. The standard InChI is InChI=1S/C10H17N3O2/c1-8-6-9(12-15-8)7-10(14)13(3)5-4-11-2/h6,11H,4-5,7H2,1-3H3. The van der Waals surface area contributed by atoms with E-state index in [1.165, 1.54) is 0 Å². The highest BCUT2D eigenvalue weighted by atomic mass is 16.5. The van der Waals surface area contributed by atoms with Gasteiger partial charge in [-0.3, -0.25) is 4.79 Å². The molecule has 0 saturated heterocycles. The van der Waals surface area contributed by atoms with Gasteiger partial charge in [-0.15, -0.1) is 0 Å². The molecule has 15 heavy (non-hydrogen) atoms. The molecule has 1 amide bonds. The fourth-order valence-corrected chi connectivity index (χ4v) is 1.20. The minimum atomic E-state index is 0.0542. The fourth-order valence-electron chi connectivity index (χ4n) is 1.20. The Hall–Kier alpha value is -1.36. The van der Waals surface area contributed by atoms with Crippen molar-refractivity contribution in [2.45, 2.75) is 13.3 Å². The Labute approximate surface area is 89.4 Å². The van der Waals surface area contributed by atoms with Crippen molar-refractivity contribution in [1.82, 2.24) is 15.4 Å². The smallest absolute Gasteiger partial charge is 0.228 e. The number of rotatable bonds is 5. The summed E-state index contributed by atoms with van der Waals surface area (Å²) in [5.74, 6) is 0.786. The zero-order valence-corrected chi connectivity index (χ0v) is 9.41. The summed E-state index contributed by atoms with van der Waals surface area (Å²) >= 11 is 0. The van der Waals surface area contributed by atoms with Gasteiger partial charge in [0.25, 0.3) is 0 Å². The highest BCUT2D eigenvalue weighted by Gasteiger charge is 2.11. The molecular weight excluding hydrogens is 194 g/mol. The Morgan fingerprint density at radius 3 is 2.93 bits per heavy atom. The quantitative estimate of drug-likeness (QED) is 0.756. The summed E-state index contributed by atoms with van der Waals surface area (Å²) in [6, 6.07) is 1.78. The molecule has 0 unspecified atom stereocenters. The zero-order chi connectivity index (χ0) is 11.3. The average molecular weight is 211 g/mol. The molecule has 1 aromatic rings. The van der Waals surface area contributed by atoms with E-state index in [1.807, 2.05) is 14.0 Å². The van der Waals surface area contributed by atoms with E-state index in [9.17, 15) is 4.79 Å². The van der Waals surface area contributed by atoms with Crippen LogP contribution >= 0.6 is 0 Å². The topological polar surface area (TPSA) is 58.4 Å². The van der Waals surface area contributed by atoms with Gasteiger partial charge in [0, 0.05) is 26.2 Å². The number of amides is 1. The van der Waals surface area contributed by atoms with Crippen LogP contribution in [0.25, 0.3) is 0 Å². The number of carbonyl (C=O) groups is 1. The highest BCUT2D eigenvalue weighted by molar-refractivity contribution is 5.78. The highest BCUT2D eigenvalue weighted by Crippen LogP contribution is 2.03. The molecule has 0 aliphatic heterocycles. The van der Waals surface area contributed by atoms with Gasteiger partial charge >= 0.3 is 0 Å². The fraction of sp³-hybridized carbons (Fsp3) is 0.600. The van der Waals surface area contributed by atoms with Crippen LogP contribution < -0.4 is 5.32 Å². The lowest BCUT2D eigenvalue weighted by Gasteiger charge is -2.15. The van der Waals surface area contributed by atoms with Crippen molar-refractivity contribution in [2.24, 2.45) is 0 Å². The number of nitrogens with one attached hydrogen (secondary N) is 1. The van der Waals surface area contributed by atoms with Crippen molar-refractivity contribution in [1.29, 1.82) is 0 Å².